The number of aromatic nitrogens is 2. The van der Waals surface area contributed by atoms with Crippen molar-refractivity contribution in [3.63, 3.8) is 0 Å². The van der Waals surface area contributed by atoms with E-state index in [2.05, 4.69) is 15.6 Å². The Bertz CT molecular complexity index is 1270. The van der Waals surface area contributed by atoms with E-state index in [-0.39, 0.29) is 29.1 Å². The van der Waals surface area contributed by atoms with Crippen molar-refractivity contribution in [3.05, 3.63) is 87.5 Å². The van der Waals surface area contributed by atoms with Crippen LogP contribution in [0.15, 0.2) is 59.7 Å². The van der Waals surface area contributed by atoms with Crippen molar-refractivity contribution in [2.45, 2.75) is 38.1 Å². The highest BCUT2D eigenvalue weighted by Crippen LogP contribution is 2.21. The number of hydrogen-bond acceptors (Lipinski definition) is 6. The van der Waals surface area contributed by atoms with E-state index >= 15 is 0 Å². The van der Waals surface area contributed by atoms with E-state index in [9.17, 15) is 18.0 Å². The highest BCUT2D eigenvalue weighted by molar-refractivity contribution is 7.71. The van der Waals surface area contributed by atoms with E-state index in [1.807, 2.05) is 25.1 Å². The van der Waals surface area contributed by atoms with E-state index in [1.165, 1.54) is 10.8 Å². The van der Waals surface area contributed by atoms with E-state index in [4.69, 9.17) is 0 Å². The number of amides is 1. The highest BCUT2D eigenvalue weighted by Gasteiger charge is 2.24. The molecule has 8 nitrogen and oxygen atoms in total. The summed E-state index contributed by atoms with van der Waals surface area (Å²) in [6, 6.07) is 12.7. The Balaban J connectivity index is 1.53. The van der Waals surface area contributed by atoms with Gasteiger partial charge in [0.2, 0.25) is 0 Å². The molecule has 1 amide bonds. The van der Waals surface area contributed by atoms with Crippen LogP contribution in [0.5, 0.6) is 0 Å². The van der Waals surface area contributed by atoms with Crippen LogP contribution in [0.1, 0.15) is 39.9 Å². The van der Waals surface area contributed by atoms with Crippen molar-refractivity contribution in [1.29, 1.82) is 0 Å². The summed E-state index contributed by atoms with van der Waals surface area (Å²) in [7, 11) is -2.47. The summed E-state index contributed by atoms with van der Waals surface area (Å²) in [6.07, 6.45) is 5.13. The van der Waals surface area contributed by atoms with E-state index in [1.54, 1.807) is 30.5 Å². The molecule has 2 N–H and O–H groups in total. The molecule has 0 unspecified atom stereocenters. The van der Waals surface area contributed by atoms with Gasteiger partial charge in [-0.05, 0) is 48.6 Å². The topological polar surface area (TPSA) is 110 Å². The van der Waals surface area contributed by atoms with Crippen LogP contribution < -0.4 is 16.2 Å². The second kappa shape index (κ2) is 9.35. The second-order valence-electron chi connectivity index (χ2n) is 7.86. The van der Waals surface area contributed by atoms with Gasteiger partial charge in [-0.25, -0.2) is 13.4 Å². The number of anilines is 1. The lowest BCUT2D eigenvalue weighted by atomic mass is 10.1. The van der Waals surface area contributed by atoms with E-state index in [0.29, 0.717) is 23.4 Å². The molecule has 1 heterocycles. The third-order valence-electron chi connectivity index (χ3n) is 5.28. The fourth-order valence-corrected chi connectivity index (χ4v) is 3.84. The normalized spacial score (nSPS) is 13.2. The van der Waals surface area contributed by atoms with Crippen molar-refractivity contribution < 1.29 is 13.2 Å². The molecule has 0 radical (unpaired) electrons. The zero-order chi connectivity index (χ0) is 22.7. The Labute approximate surface area is 187 Å². The molecule has 1 saturated carbocycles. The SMILES string of the molecule is Cc1ccc(C(=O)NC2CC2)cc1-n1ccnc(NCc2ccc(C[SH](=O)=O)cc2)c1=O. The van der Waals surface area contributed by atoms with Crippen molar-refractivity contribution in [3.8, 4) is 5.69 Å². The standard InChI is InChI=1S/C23H24N4O4S/c1-15-2-7-18(22(28)26-19-8-9-19)12-20(15)27-11-10-24-21(23(27)29)25-13-16-3-5-17(6-4-16)14-32(30)31/h2-7,10-12,19,32H,8-9,13-14H2,1H3,(H,24,25)(H,26,28). The molecule has 0 saturated heterocycles. The van der Waals surface area contributed by atoms with Gasteiger partial charge < -0.3 is 10.6 Å². The molecular formula is C23H24N4O4S. The number of carbonyl (C=O) groups is 1. The minimum atomic E-state index is -2.47. The summed E-state index contributed by atoms with van der Waals surface area (Å²) in [4.78, 5) is 29.7. The van der Waals surface area contributed by atoms with Crippen molar-refractivity contribution >= 4 is 22.4 Å². The van der Waals surface area contributed by atoms with E-state index < -0.39 is 10.7 Å². The third-order valence-corrected chi connectivity index (χ3v) is 5.90. The first-order valence-electron chi connectivity index (χ1n) is 10.3. The van der Waals surface area contributed by atoms with Gasteiger partial charge in [0, 0.05) is 30.5 Å². The maximum atomic E-state index is 13.1. The van der Waals surface area contributed by atoms with Gasteiger partial charge in [-0.15, -0.1) is 0 Å². The maximum Gasteiger partial charge on any atom is 0.297 e. The van der Waals surface area contributed by atoms with Gasteiger partial charge in [-0.3, -0.25) is 14.2 Å². The Morgan fingerprint density at radius 1 is 1.12 bits per heavy atom. The van der Waals surface area contributed by atoms with Crippen LogP contribution in [0.25, 0.3) is 5.69 Å². The van der Waals surface area contributed by atoms with Crippen LogP contribution in [0.4, 0.5) is 5.82 Å². The lowest BCUT2D eigenvalue weighted by Crippen LogP contribution is -2.26. The third kappa shape index (κ3) is 5.23. The number of thiol groups is 1. The molecule has 1 aliphatic rings. The molecule has 32 heavy (non-hydrogen) atoms. The molecule has 166 valence electrons. The summed E-state index contributed by atoms with van der Waals surface area (Å²) < 4.78 is 23.2. The number of benzene rings is 2. The van der Waals surface area contributed by atoms with Gasteiger partial charge in [0.05, 0.1) is 11.4 Å². The lowest BCUT2D eigenvalue weighted by molar-refractivity contribution is 0.0951. The molecular weight excluding hydrogens is 428 g/mol. The summed E-state index contributed by atoms with van der Waals surface area (Å²) in [5.74, 6) is 0.0519. The van der Waals surface area contributed by atoms with Crippen LogP contribution in [-0.4, -0.2) is 29.9 Å². The van der Waals surface area contributed by atoms with Crippen LogP contribution in [-0.2, 0) is 23.0 Å². The first-order valence-corrected chi connectivity index (χ1v) is 11.7. The zero-order valence-electron chi connectivity index (χ0n) is 17.6. The number of rotatable bonds is 8. The largest absolute Gasteiger partial charge is 0.361 e. The van der Waals surface area contributed by atoms with Gasteiger partial charge in [-0.1, -0.05) is 30.3 Å². The maximum absolute atomic E-state index is 13.1. The minimum Gasteiger partial charge on any atom is -0.361 e. The van der Waals surface area contributed by atoms with Crippen LogP contribution in [0.2, 0.25) is 0 Å². The van der Waals surface area contributed by atoms with Gasteiger partial charge >= 0.3 is 0 Å². The average molecular weight is 453 g/mol. The molecule has 0 atom stereocenters. The van der Waals surface area contributed by atoms with Crippen LogP contribution in [0.3, 0.4) is 0 Å². The smallest absolute Gasteiger partial charge is 0.297 e. The Morgan fingerprint density at radius 3 is 2.53 bits per heavy atom. The van der Waals surface area contributed by atoms with Crippen molar-refractivity contribution in [2.75, 3.05) is 5.32 Å². The molecule has 1 aromatic heterocycles. The van der Waals surface area contributed by atoms with Gasteiger partial charge in [0.25, 0.3) is 11.5 Å². The summed E-state index contributed by atoms with van der Waals surface area (Å²) >= 11 is 0. The van der Waals surface area contributed by atoms with Crippen LogP contribution in [0, 0.1) is 6.92 Å². The number of nitrogens with one attached hydrogen (secondary N) is 2. The fourth-order valence-electron chi connectivity index (χ4n) is 3.33. The van der Waals surface area contributed by atoms with E-state index in [0.717, 1.165) is 24.0 Å². The zero-order valence-corrected chi connectivity index (χ0v) is 18.5. The monoisotopic (exact) mass is 452 g/mol. The molecule has 4 rings (SSSR count). The molecule has 1 aliphatic carbocycles. The quantitative estimate of drug-likeness (QED) is 0.452. The molecule has 0 bridgehead atoms. The predicted molar refractivity (Wildman–Crippen MR) is 123 cm³/mol. The first kappa shape index (κ1) is 21.8. The average Bonchev–Trinajstić information content (AvgIpc) is 3.58. The fraction of sp³-hybridized carbons (Fsp3) is 0.261. The number of carbonyl (C=O) groups excluding carboxylic acids is 1. The second-order valence-corrected chi connectivity index (χ2v) is 8.84. The van der Waals surface area contributed by atoms with Crippen LogP contribution >= 0.6 is 0 Å². The molecule has 9 heteroatoms. The molecule has 0 spiro atoms. The van der Waals surface area contributed by atoms with Gasteiger partial charge in [0.15, 0.2) is 5.82 Å². The van der Waals surface area contributed by atoms with Crippen molar-refractivity contribution in [1.82, 2.24) is 14.9 Å². The Morgan fingerprint density at radius 2 is 1.84 bits per heavy atom. The minimum absolute atomic E-state index is 0.00504. The summed E-state index contributed by atoms with van der Waals surface area (Å²) in [5.41, 5.74) is 3.28. The predicted octanol–water partition coefficient (Wildman–Crippen LogP) is 2.16. The van der Waals surface area contributed by atoms with Gasteiger partial charge in [-0.2, -0.15) is 0 Å². The number of hydrogen-bond donors (Lipinski definition) is 3. The number of nitrogens with zero attached hydrogens (tertiary/aromatic N) is 2. The Kier molecular flexibility index (Phi) is 6.36. The highest BCUT2D eigenvalue weighted by atomic mass is 32.2. The molecule has 1 fully saturated rings. The molecule has 3 aromatic rings. The summed E-state index contributed by atoms with van der Waals surface area (Å²) in [6.45, 7) is 2.24. The molecule has 0 aliphatic heterocycles. The molecule has 2 aromatic carbocycles. The van der Waals surface area contributed by atoms with Gasteiger partial charge in [0.1, 0.15) is 10.7 Å². The lowest BCUT2D eigenvalue weighted by Gasteiger charge is -2.13. The summed E-state index contributed by atoms with van der Waals surface area (Å²) in [5, 5.41) is 6.01. The van der Waals surface area contributed by atoms with Crippen molar-refractivity contribution in [2.24, 2.45) is 0 Å². The first-order chi connectivity index (χ1) is 15.4. The Hall–Kier alpha value is -3.46. The number of aryl methyl sites for hydroxylation is 1.